The van der Waals surface area contributed by atoms with Crippen LogP contribution in [0.3, 0.4) is 0 Å². The van der Waals surface area contributed by atoms with Gasteiger partial charge < -0.3 is 24.3 Å². The molecule has 1 unspecified atom stereocenters. The Kier molecular flexibility index (Phi) is 4.68. The lowest BCUT2D eigenvalue weighted by molar-refractivity contribution is -0.0823. The van der Waals surface area contributed by atoms with E-state index in [0.29, 0.717) is 36.6 Å². The zero-order valence-corrected chi connectivity index (χ0v) is 13.6. The molecule has 0 spiro atoms. The number of ether oxygens (including phenoxy) is 4. The highest BCUT2D eigenvalue weighted by molar-refractivity contribution is 5.92. The van der Waals surface area contributed by atoms with E-state index in [4.69, 9.17) is 18.9 Å². The lowest BCUT2D eigenvalue weighted by Gasteiger charge is -2.28. The predicted molar refractivity (Wildman–Crippen MR) is 83.0 cm³/mol. The number of rotatable bonds is 7. The second kappa shape index (κ2) is 7.08. The first kappa shape index (κ1) is 15.9. The van der Waals surface area contributed by atoms with E-state index in [-0.39, 0.29) is 12.0 Å². The van der Waals surface area contributed by atoms with E-state index in [0.717, 1.165) is 46.0 Å². The van der Waals surface area contributed by atoms with Gasteiger partial charge >= 0.3 is 0 Å². The first-order chi connectivity index (χ1) is 11.8. The van der Waals surface area contributed by atoms with Gasteiger partial charge in [-0.05, 0) is 0 Å². The Morgan fingerprint density at radius 3 is 2.75 bits per heavy atom. The highest BCUT2D eigenvalue weighted by Gasteiger charge is 2.26. The summed E-state index contributed by atoms with van der Waals surface area (Å²) in [6.07, 6.45) is 0.842. The Morgan fingerprint density at radius 1 is 1.25 bits per heavy atom. The molecule has 24 heavy (non-hydrogen) atoms. The van der Waals surface area contributed by atoms with E-state index in [1.165, 1.54) is 0 Å². The van der Waals surface area contributed by atoms with Gasteiger partial charge in [-0.1, -0.05) is 0 Å². The number of aromatic nitrogens is 2. The van der Waals surface area contributed by atoms with Crippen molar-refractivity contribution in [3.8, 4) is 5.88 Å². The summed E-state index contributed by atoms with van der Waals surface area (Å²) in [5, 5.41) is 7.22. The van der Waals surface area contributed by atoms with Gasteiger partial charge in [0.05, 0.1) is 39.6 Å². The summed E-state index contributed by atoms with van der Waals surface area (Å²) < 4.78 is 23.6. The lowest BCUT2D eigenvalue weighted by Crippen LogP contribution is -2.39. The van der Waals surface area contributed by atoms with Gasteiger partial charge in [0.15, 0.2) is 5.69 Å². The zero-order valence-electron chi connectivity index (χ0n) is 13.6. The van der Waals surface area contributed by atoms with E-state index in [1.54, 1.807) is 10.7 Å². The van der Waals surface area contributed by atoms with Gasteiger partial charge in [0.2, 0.25) is 5.88 Å². The standard InChI is InChI=1S/C16H23N3O5/c20-16(17-4-11-5-21-6-11)14-3-15-19(18-14)2-1-13(24-15)10-23-9-12-7-22-8-12/h3,11-13H,1-2,4-10H2,(H,17,20). The highest BCUT2D eigenvalue weighted by Crippen LogP contribution is 2.22. The minimum Gasteiger partial charge on any atom is -0.472 e. The molecular formula is C16H23N3O5. The molecule has 0 aromatic carbocycles. The van der Waals surface area contributed by atoms with Gasteiger partial charge in [-0.2, -0.15) is 5.10 Å². The quantitative estimate of drug-likeness (QED) is 0.758. The predicted octanol–water partition coefficient (Wildman–Crippen LogP) is 0.0734. The lowest BCUT2D eigenvalue weighted by atomic mass is 10.1. The molecule has 3 aliphatic heterocycles. The maximum atomic E-state index is 12.2. The summed E-state index contributed by atoms with van der Waals surface area (Å²) >= 11 is 0. The first-order valence-corrected chi connectivity index (χ1v) is 8.54. The summed E-state index contributed by atoms with van der Waals surface area (Å²) in [6.45, 7) is 5.68. The number of aryl methyl sites for hydroxylation is 1. The van der Waals surface area contributed by atoms with Crippen LogP contribution >= 0.6 is 0 Å². The zero-order chi connectivity index (χ0) is 16.4. The molecule has 4 rings (SSSR count). The molecule has 1 N–H and O–H groups in total. The molecule has 3 aliphatic rings. The molecule has 1 atom stereocenters. The fourth-order valence-corrected chi connectivity index (χ4v) is 2.86. The highest BCUT2D eigenvalue weighted by atomic mass is 16.5. The molecule has 1 aromatic heterocycles. The van der Waals surface area contributed by atoms with Crippen molar-refractivity contribution in [3.05, 3.63) is 11.8 Å². The Labute approximate surface area is 140 Å². The molecular weight excluding hydrogens is 314 g/mol. The van der Waals surface area contributed by atoms with Crippen molar-refractivity contribution in [1.29, 1.82) is 0 Å². The van der Waals surface area contributed by atoms with Gasteiger partial charge in [-0.15, -0.1) is 0 Å². The van der Waals surface area contributed by atoms with Crippen LogP contribution in [0, 0.1) is 11.8 Å². The summed E-state index contributed by atoms with van der Waals surface area (Å²) in [6, 6.07) is 1.71. The summed E-state index contributed by atoms with van der Waals surface area (Å²) in [5.74, 6) is 1.42. The Morgan fingerprint density at radius 2 is 2.04 bits per heavy atom. The molecule has 0 bridgehead atoms. The average molecular weight is 337 g/mol. The van der Waals surface area contributed by atoms with E-state index in [1.807, 2.05) is 0 Å². The molecule has 0 aliphatic carbocycles. The molecule has 0 radical (unpaired) electrons. The minimum absolute atomic E-state index is 0.0123. The number of carbonyl (C=O) groups excluding carboxylic acids is 1. The molecule has 1 amide bonds. The number of nitrogens with one attached hydrogen (secondary N) is 1. The van der Waals surface area contributed by atoms with Crippen molar-refractivity contribution < 1.29 is 23.7 Å². The number of nitrogens with zero attached hydrogens (tertiary/aromatic N) is 2. The van der Waals surface area contributed by atoms with Gasteiger partial charge in [0, 0.05) is 37.4 Å². The van der Waals surface area contributed by atoms with E-state index in [9.17, 15) is 4.79 Å². The molecule has 132 valence electrons. The third-order valence-corrected chi connectivity index (χ3v) is 4.55. The third-order valence-electron chi connectivity index (χ3n) is 4.55. The molecule has 4 heterocycles. The van der Waals surface area contributed by atoms with Gasteiger partial charge in [0.25, 0.3) is 5.91 Å². The van der Waals surface area contributed by atoms with Crippen LogP contribution in [0.5, 0.6) is 5.88 Å². The Balaban J connectivity index is 1.25. The summed E-state index contributed by atoms with van der Waals surface area (Å²) in [4.78, 5) is 12.2. The second-order valence-electron chi connectivity index (χ2n) is 6.67. The van der Waals surface area contributed by atoms with Crippen molar-refractivity contribution in [1.82, 2.24) is 15.1 Å². The largest absolute Gasteiger partial charge is 0.472 e. The summed E-state index contributed by atoms with van der Waals surface area (Å²) in [7, 11) is 0. The van der Waals surface area contributed by atoms with Crippen LogP contribution in [0.1, 0.15) is 16.9 Å². The molecule has 1 aromatic rings. The monoisotopic (exact) mass is 337 g/mol. The van der Waals surface area contributed by atoms with E-state index >= 15 is 0 Å². The molecule has 0 saturated carbocycles. The van der Waals surface area contributed by atoms with Crippen LogP contribution in [0.15, 0.2) is 6.07 Å². The van der Waals surface area contributed by atoms with Crippen molar-refractivity contribution in [3.63, 3.8) is 0 Å². The van der Waals surface area contributed by atoms with Crippen LogP contribution in [0.25, 0.3) is 0 Å². The molecule has 2 fully saturated rings. The number of fused-ring (bicyclic) bond motifs is 1. The molecule has 8 heteroatoms. The number of hydrogen-bond acceptors (Lipinski definition) is 6. The normalized spacial score (nSPS) is 23.8. The van der Waals surface area contributed by atoms with Crippen molar-refractivity contribution in [2.75, 3.05) is 46.2 Å². The number of amides is 1. The van der Waals surface area contributed by atoms with Crippen molar-refractivity contribution in [2.45, 2.75) is 19.1 Å². The smallest absolute Gasteiger partial charge is 0.271 e. The molecule has 2 saturated heterocycles. The Bertz CT molecular complexity index is 582. The average Bonchev–Trinajstić information content (AvgIpc) is 2.91. The fourth-order valence-electron chi connectivity index (χ4n) is 2.86. The van der Waals surface area contributed by atoms with Crippen LogP contribution in [0.2, 0.25) is 0 Å². The third kappa shape index (κ3) is 3.55. The van der Waals surface area contributed by atoms with Gasteiger partial charge in [-0.25, -0.2) is 4.68 Å². The first-order valence-electron chi connectivity index (χ1n) is 8.54. The topological polar surface area (TPSA) is 83.8 Å². The second-order valence-corrected chi connectivity index (χ2v) is 6.67. The maximum Gasteiger partial charge on any atom is 0.271 e. The fraction of sp³-hybridized carbons (Fsp3) is 0.750. The Hall–Kier alpha value is -1.64. The molecule has 8 nitrogen and oxygen atoms in total. The van der Waals surface area contributed by atoms with Crippen molar-refractivity contribution in [2.24, 2.45) is 11.8 Å². The van der Waals surface area contributed by atoms with Crippen LogP contribution < -0.4 is 10.1 Å². The SMILES string of the molecule is O=C(NCC1COC1)c1cc2n(n1)CCC(COCC1COC1)O2. The van der Waals surface area contributed by atoms with Crippen LogP contribution in [0.4, 0.5) is 0 Å². The summed E-state index contributed by atoms with van der Waals surface area (Å²) in [5.41, 5.74) is 0.401. The minimum atomic E-state index is -0.162. The van der Waals surface area contributed by atoms with E-state index in [2.05, 4.69) is 10.4 Å². The van der Waals surface area contributed by atoms with Crippen LogP contribution in [-0.4, -0.2) is 68.0 Å². The van der Waals surface area contributed by atoms with Crippen molar-refractivity contribution >= 4 is 5.91 Å². The van der Waals surface area contributed by atoms with Gasteiger partial charge in [0.1, 0.15) is 6.10 Å². The van der Waals surface area contributed by atoms with Crippen LogP contribution in [-0.2, 0) is 20.8 Å². The van der Waals surface area contributed by atoms with E-state index < -0.39 is 0 Å². The maximum absolute atomic E-state index is 12.2. The van der Waals surface area contributed by atoms with Gasteiger partial charge in [-0.3, -0.25) is 4.79 Å². The number of hydrogen-bond donors (Lipinski definition) is 1. The number of carbonyl (C=O) groups is 1.